The number of nitrogen functional groups attached to an aromatic ring is 1. The van der Waals surface area contributed by atoms with Crippen LogP contribution in [0, 0.1) is 12.7 Å². The van der Waals surface area contributed by atoms with Gasteiger partial charge in [-0.3, -0.25) is 0 Å². The molecule has 3 nitrogen and oxygen atoms in total. The van der Waals surface area contributed by atoms with Gasteiger partial charge in [0.15, 0.2) is 0 Å². The maximum Gasteiger partial charge on any atom is 0.131 e. The number of anilines is 1. The van der Waals surface area contributed by atoms with E-state index in [0.717, 1.165) is 24.4 Å². The van der Waals surface area contributed by atoms with Crippen LogP contribution >= 0.6 is 0 Å². The molecule has 1 heterocycles. The second-order valence-corrected chi connectivity index (χ2v) is 4.05. The third-order valence-electron chi connectivity index (χ3n) is 2.74. The second kappa shape index (κ2) is 4.57. The number of hydrogen-bond donors (Lipinski definition) is 1. The van der Waals surface area contributed by atoms with E-state index in [-0.39, 0.29) is 5.82 Å². The topological polar surface area (TPSA) is 43.8 Å². The van der Waals surface area contributed by atoms with Crippen molar-refractivity contribution in [2.24, 2.45) is 0 Å². The minimum Gasteiger partial charge on any atom is -0.383 e. The molecule has 0 unspecified atom stereocenters. The van der Waals surface area contributed by atoms with Gasteiger partial charge in [-0.25, -0.2) is 9.37 Å². The van der Waals surface area contributed by atoms with Gasteiger partial charge in [0, 0.05) is 12.1 Å². The lowest BCUT2D eigenvalue weighted by atomic mass is 10.1. The van der Waals surface area contributed by atoms with Gasteiger partial charge in [0.05, 0.1) is 0 Å². The van der Waals surface area contributed by atoms with Crippen molar-refractivity contribution in [3.63, 3.8) is 0 Å². The molecule has 1 aromatic carbocycles. The Hall–Kier alpha value is -1.84. The standard InChI is InChI=1S/C13H16FN3/c1-3-7-17-9(2)16-12(13(17)15)10-5-4-6-11(14)8-10/h4-6,8H,3,7,15H2,1-2H3. The number of benzene rings is 1. The van der Waals surface area contributed by atoms with Gasteiger partial charge in [0.25, 0.3) is 0 Å². The lowest BCUT2D eigenvalue weighted by molar-refractivity contribution is 0.628. The number of rotatable bonds is 3. The number of nitrogens with zero attached hydrogens (tertiary/aromatic N) is 2. The number of imidazole rings is 1. The van der Waals surface area contributed by atoms with E-state index in [9.17, 15) is 4.39 Å². The van der Waals surface area contributed by atoms with E-state index >= 15 is 0 Å². The third-order valence-corrected chi connectivity index (χ3v) is 2.74. The number of hydrogen-bond acceptors (Lipinski definition) is 2. The van der Waals surface area contributed by atoms with Crippen molar-refractivity contribution in [3.05, 3.63) is 35.9 Å². The quantitative estimate of drug-likeness (QED) is 0.885. The van der Waals surface area contributed by atoms with Crippen LogP contribution in [0.3, 0.4) is 0 Å². The molecule has 90 valence electrons. The summed E-state index contributed by atoms with van der Waals surface area (Å²) < 4.78 is 15.1. The van der Waals surface area contributed by atoms with Crippen molar-refractivity contribution in [3.8, 4) is 11.3 Å². The summed E-state index contributed by atoms with van der Waals surface area (Å²) in [6, 6.07) is 6.35. The Kier molecular flexibility index (Phi) is 3.13. The fourth-order valence-corrected chi connectivity index (χ4v) is 1.94. The van der Waals surface area contributed by atoms with Crippen LogP contribution in [-0.2, 0) is 6.54 Å². The highest BCUT2D eigenvalue weighted by atomic mass is 19.1. The zero-order valence-electron chi connectivity index (χ0n) is 10.1. The Morgan fingerprint density at radius 3 is 2.82 bits per heavy atom. The Morgan fingerprint density at radius 2 is 2.18 bits per heavy atom. The van der Waals surface area contributed by atoms with Crippen molar-refractivity contribution in [2.75, 3.05) is 5.73 Å². The molecule has 4 heteroatoms. The average Bonchev–Trinajstić information content (AvgIpc) is 2.57. The number of halogens is 1. The molecule has 0 aliphatic rings. The Bertz CT molecular complexity index is 531. The van der Waals surface area contributed by atoms with Crippen LogP contribution in [0.15, 0.2) is 24.3 Å². The van der Waals surface area contributed by atoms with Gasteiger partial charge in [0.2, 0.25) is 0 Å². The van der Waals surface area contributed by atoms with Crippen molar-refractivity contribution < 1.29 is 4.39 Å². The van der Waals surface area contributed by atoms with Crippen LogP contribution in [0.4, 0.5) is 10.2 Å². The van der Waals surface area contributed by atoms with Gasteiger partial charge in [-0.15, -0.1) is 0 Å². The highest BCUT2D eigenvalue weighted by Crippen LogP contribution is 2.26. The largest absolute Gasteiger partial charge is 0.383 e. The van der Waals surface area contributed by atoms with Gasteiger partial charge >= 0.3 is 0 Å². The summed E-state index contributed by atoms with van der Waals surface area (Å²) >= 11 is 0. The van der Waals surface area contributed by atoms with Gasteiger partial charge in [-0.2, -0.15) is 0 Å². The summed E-state index contributed by atoms with van der Waals surface area (Å²) in [6.07, 6.45) is 0.990. The van der Waals surface area contributed by atoms with Crippen LogP contribution in [0.2, 0.25) is 0 Å². The van der Waals surface area contributed by atoms with Gasteiger partial charge in [-0.1, -0.05) is 19.1 Å². The zero-order valence-corrected chi connectivity index (χ0v) is 10.1. The molecule has 2 N–H and O–H groups in total. The summed E-state index contributed by atoms with van der Waals surface area (Å²) in [6.45, 7) is 4.83. The molecule has 0 saturated heterocycles. The molecule has 0 aliphatic heterocycles. The van der Waals surface area contributed by atoms with Crippen molar-refractivity contribution in [1.82, 2.24) is 9.55 Å². The van der Waals surface area contributed by atoms with E-state index < -0.39 is 0 Å². The minimum atomic E-state index is -0.274. The fourth-order valence-electron chi connectivity index (χ4n) is 1.94. The molecule has 0 amide bonds. The van der Waals surface area contributed by atoms with Crippen LogP contribution in [0.25, 0.3) is 11.3 Å². The summed E-state index contributed by atoms with van der Waals surface area (Å²) in [5.41, 5.74) is 7.44. The first-order chi connectivity index (χ1) is 8.13. The zero-order chi connectivity index (χ0) is 12.4. The summed E-state index contributed by atoms with van der Waals surface area (Å²) in [5, 5.41) is 0. The van der Waals surface area contributed by atoms with Crippen LogP contribution in [0.1, 0.15) is 19.2 Å². The lowest BCUT2D eigenvalue weighted by Gasteiger charge is -2.05. The monoisotopic (exact) mass is 233 g/mol. The number of aromatic nitrogens is 2. The highest BCUT2D eigenvalue weighted by Gasteiger charge is 2.13. The van der Waals surface area contributed by atoms with E-state index in [2.05, 4.69) is 11.9 Å². The Labute approximate surface area is 100 Å². The number of aryl methyl sites for hydroxylation is 1. The summed E-state index contributed by atoms with van der Waals surface area (Å²) in [4.78, 5) is 4.41. The van der Waals surface area contributed by atoms with Crippen molar-refractivity contribution in [2.45, 2.75) is 26.8 Å². The molecular weight excluding hydrogens is 217 g/mol. The molecule has 0 atom stereocenters. The first-order valence-corrected chi connectivity index (χ1v) is 5.72. The Balaban J connectivity index is 2.50. The van der Waals surface area contributed by atoms with Crippen LogP contribution < -0.4 is 5.73 Å². The molecule has 1 aromatic heterocycles. The van der Waals surface area contributed by atoms with Crippen molar-refractivity contribution >= 4 is 5.82 Å². The molecule has 0 aliphatic carbocycles. The lowest BCUT2D eigenvalue weighted by Crippen LogP contribution is -2.04. The number of nitrogens with two attached hydrogens (primary N) is 1. The van der Waals surface area contributed by atoms with E-state index in [1.54, 1.807) is 6.07 Å². The SMILES string of the molecule is CCCn1c(C)nc(-c2cccc(F)c2)c1N. The minimum absolute atomic E-state index is 0.274. The molecule has 2 aromatic rings. The molecule has 17 heavy (non-hydrogen) atoms. The van der Waals surface area contributed by atoms with Crippen LogP contribution in [0.5, 0.6) is 0 Å². The van der Waals surface area contributed by atoms with Crippen molar-refractivity contribution in [1.29, 1.82) is 0 Å². The molecule has 0 fully saturated rings. The maximum absolute atomic E-state index is 13.2. The normalized spacial score (nSPS) is 10.8. The summed E-state index contributed by atoms with van der Waals surface area (Å²) in [5.74, 6) is 1.20. The Morgan fingerprint density at radius 1 is 1.41 bits per heavy atom. The second-order valence-electron chi connectivity index (χ2n) is 4.05. The third kappa shape index (κ3) is 2.16. The summed E-state index contributed by atoms with van der Waals surface area (Å²) in [7, 11) is 0. The van der Waals surface area contributed by atoms with Gasteiger partial charge < -0.3 is 10.3 Å². The molecule has 0 radical (unpaired) electrons. The molecule has 0 spiro atoms. The first kappa shape index (κ1) is 11.6. The highest BCUT2D eigenvalue weighted by molar-refractivity contribution is 5.70. The maximum atomic E-state index is 13.2. The molecule has 0 bridgehead atoms. The molecule has 0 saturated carbocycles. The predicted molar refractivity (Wildman–Crippen MR) is 67.1 cm³/mol. The van der Waals surface area contributed by atoms with E-state index in [0.29, 0.717) is 11.5 Å². The van der Waals surface area contributed by atoms with Gasteiger partial charge in [-0.05, 0) is 25.5 Å². The van der Waals surface area contributed by atoms with E-state index in [1.165, 1.54) is 12.1 Å². The van der Waals surface area contributed by atoms with E-state index in [1.807, 2.05) is 17.6 Å². The molecular formula is C13H16FN3. The smallest absolute Gasteiger partial charge is 0.131 e. The first-order valence-electron chi connectivity index (χ1n) is 5.72. The fraction of sp³-hybridized carbons (Fsp3) is 0.308. The van der Waals surface area contributed by atoms with Gasteiger partial charge in [0.1, 0.15) is 23.2 Å². The van der Waals surface area contributed by atoms with Crippen LogP contribution in [-0.4, -0.2) is 9.55 Å². The predicted octanol–water partition coefficient (Wildman–Crippen LogP) is 2.99. The van der Waals surface area contributed by atoms with E-state index in [4.69, 9.17) is 5.73 Å². The molecule has 2 rings (SSSR count). The average molecular weight is 233 g/mol.